The van der Waals surface area contributed by atoms with Crippen LogP contribution in [0.3, 0.4) is 0 Å². The first-order valence-electron chi connectivity index (χ1n) is 8.68. The summed E-state index contributed by atoms with van der Waals surface area (Å²) in [7, 11) is 1.32. The van der Waals surface area contributed by atoms with Gasteiger partial charge in [0.25, 0.3) is 11.6 Å². The number of amides is 1. The van der Waals surface area contributed by atoms with E-state index < -0.39 is 16.9 Å². The predicted molar refractivity (Wildman–Crippen MR) is 99.2 cm³/mol. The number of esters is 1. The lowest BCUT2D eigenvalue weighted by molar-refractivity contribution is -0.384. The van der Waals surface area contributed by atoms with E-state index in [-0.39, 0.29) is 17.6 Å². The number of hydrogen-bond donors (Lipinski definition) is 0. The molecule has 27 heavy (non-hydrogen) atoms. The van der Waals surface area contributed by atoms with Crippen LogP contribution >= 0.6 is 0 Å². The van der Waals surface area contributed by atoms with Gasteiger partial charge in [0.05, 0.1) is 18.1 Å². The van der Waals surface area contributed by atoms with Gasteiger partial charge in [0, 0.05) is 17.7 Å². The zero-order valence-corrected chi connectivity index (χ0v) is 15.3. The van der Waals surface area contributed by atoms with Crippen molar-refractivity contribution in [3.63, 3.8) is 0 Å². The van der Waals surface area contributed by atoms with E-state index in [1.165, 1.54) is 19.2 Å². The minimum absolute atomic E-state index is 0.0264. The van der Waals surface area contributed by atoms with Crippen LogP contribution in [0, 0.1) is 10.1 Å². The van der Waals surface area contributed by atoms with Crippen LogP contribution in [-0.2, 0) is 9.53 Å². The molecule has 140 valence electrons. The number of benzene rings is 2. The quantitative estimate of drug-likeness (QED) is 0.456. The van der Waals surface area contributed by atoms with Crippen LogP contribution in [0.1, 0.15) is 42.2 Å². The average Bonchev–Trinajstić information content (AvgIpc) is 2.93. The van der Waals surface area contributed by atoms with Crippen molar-refractivity contribution in [3.8, 4) is 11.1 Å². The number of ether oxygens (including phenoxy) is 1. The number of nitro groups is 1. The van der Waals surface area contributed by atoms with Crippen LogP contribution in [0.15, 0.2) is 42.5 Å². The third-order valence-corrected chi connectivity index (χ3v) is 4.99. The van der Waals surface area contributed by atoms with Crippen molar-refractivity contribution < 1.29 is 19.2 Å². The van der Waals surface area contributed by atoms with E-state index in [2.05, 4.69) is 0 Å². The normalized spacial score (nSPS) is 16.8. The van der Waals surface area contributed by atoms with Crippen molar-refractivity contribution in [2.24, 2.45) is 0 Å². The van der Waals surface area contributed by atoms with Crippen LogP contribution in [0.2, 0.25) is 0 Å². The third-order valence-electron chi connectivity index (χ3n) is 4.99. The Morgan fingerprint density at radius 1 is 1.22 bits per heavy atom. The van der Waals surface area contributed by atoms with Gasteiger partial charge >= 0.3 is 5.97 Å². The highest BCUT2D eigenvalue weighted by Crippen LogP contribution is 2.38. The Kier molecular flexibility index (Phi) is 4.94. The molecule has 0 radical (unpaired) electrons. The average molecular weight is 368 g/mol. The molecule has 0 spiro atoms. The number of hydrogen-bond acceptors (Lipinski definition) is 5. The van der Waals surface area contributed by atoms with Crippen molar-refractivity contribution >= 4 is 17.6 Å². The van der Waals surface area contributed by atoms with Crippen molar-refractivity contribution in [2.45, 2.75) is 32.4 Å². The molecule has 2 atom stereocenters. The maximum Gasteiger partial charge on any atom is 0.328 e. The summed E-state index contributed by atoms with van der Waals surface area (Å²) in [5.41, 5.74) is 3.10. The fourth-order valence-corrected chi connectivity index (χ4v) is 3.55. The summed E-state index contributed by atoms with van der Waals surface area (Å²) in [4.78, 5) is 36.9. The second-order valence-corrected chi connectivity index (χ2v) is 6.44. The Morgan fingerprint density at radius 3 is 2.41 bits per heavy atom. The number of methoxy groups -OCH3 is 1. The second-order valence-electron chi connectivity index (χ2n) is 6.44. The SMILES string of the molecule is CCC(C(=O)OC)N1C(=O)c2ccc(-c3ccc([N+](=O)[O-])cc3)cc2C1C. The number of rotatable bonds is 5. The standard InChI is InChI=1S/C20H20N2O5/c1-4-18(20(24)27-3)21-12(2)17-11-14(7-10-16(17)19(21)23)13-5-8-15(9-6-13)22(25)26/h5-12,18H,4H2,1-3H3. The number of carbonyl (C=O) groups is 2. The Hall–Kier alpha value is -3.22. The Balaban J connectivity index is 1.96. The van der Waals surface area contributed by atoms with Crippen molar-refractivity contribution in [2.75, 3.05) is 7.11 Å². The molecule has 7 heteroatoms. The molecule has 1 aliphatic heterocycles. The topological polar surface area (TPSA) is 89.8 Å². The smallest absolute Gasteiger partial charge is 0.328 e. The lowest BCUT2D eigenvalue weighted by Crippen LogP contribution is -2.43. The summed E-state index contributed by atoms with van der Waals surface area (Å²) < 4.78 is 4.85. The molecule has 0 saturated heterocycles. The number of nitro benzene ring substituents is 1. The minimum atomic E-state index is -0.632. The van der Waals surface area contributed by atoms with Gasteiger partial charge < -0.3 is 9.64 Å². The van der Waals surface area contributed by atoms with E-state index in [4.69, 9.17) is 4.74 Å². The summed E-state index contributed by atoms with van der Waals surface area (Å²) in [5.74, 6) is -0.619. The third kappa shape index (κ3) is 3.16. The molecule has 2 unspecified atom stereocenters. The Morgan fingerprint density at radius 2 is 1.85 bits per heavy atom. The van der Waals surface area contributed by atoms with Crippen LogP contribution in [0.25, 0.3) is 11.1 Å². The largest absolute Gasteiger partial charge is 0.467 e. The number of carbonyl (C=O) groups excluding carboxylic acids is 2. The molecule has 2 aromatic carbocycles. The highest BCUT2D eigenvalue weighted by molar-refractivity contribution is 6.02. The lowest BCUT2D eigenvalue weighted by Gasteiger charge is -2.29. The molecule has 7 nitrogen and oxygen atoms in total. The van der Waals surface area contributed by atoms with Crippen molar-refractivity contribution in [1.29, 1.82) is 0 Å². The first kappa shape index (κ1) is 18.6. The van der Waals surface area contributed by atoms with Gasteiger partial charge in [-0.25, -0.2) is 4.79 Å². The molecule has 1 amide bonds. The van der Waals surface area contributed by atoms with Crippen LogP contribution in [0.5, 0.6) is 0 Å². The molecule has 1 aliphatic rings. The predicted octanol–water partition coefficient (Wildman–Crippen LogP) is 3.73. The fourth-order valence-electron chi connectivity index (χ4n) is 3.55. The number of fused-ring (bicyclic) bond motifs is 1. The zero-order chi connectivity index (χ0) is 19.7. The first-order chi connectivity index (χ1) is 12.9. The van der Waals surface area contributed by atoms with Crippen LogP contribution in [0.4, 0.5) is 5.69 Å². The molecule has 2 aromatic rings. The molecule has 0 saturated carbocycles. The summed E-state index contributed by atoms with van der Waals surface area (Å²) in [5, 5.41) is 10.8. The maximum atomic E-state index is 12.8. The molecule has 0 bridgehead atoms. The van der Waals surface area contributed by atoms with Gasteiger partial charge in [-0.2, -0.15) is 0 Å². The molecule has 0 aromatic heterocycles. The molecular weight excluding hydrogens is 348 g/mol. The van der Waals surface area contributed by atoms with E-state index in [9.17, 15) is 19.7 Å². The Bertz CT molecular complexity index is 907. The van der Waals surface area contributed by atoms with E-state index in [1.807, 2.05) is 26.0 Å². The van der Waals surface area contributed by atoms with Gasteiger partial charge in [-0.3, -0.25) is 14.9 Å². The molecular formula is C20H20N2O5. The molecule has 0 aliphatic carbocycles. The molecule has 0 fully saturated rings. The van der Waals surface area contributed by atoms with Gasteiger partial charge in [-0.05, 0) is 54.3 Å². The summed E-state index contributed by atoms with van der Waals surface area (Å²) in [6.45, 7) is 3.72. The first-order valence-corrected chi connectivity index (χ1v) is 8.68. The molecule has 3 rings (SSSR count). The van der Waals surface area contributed by atoms with Crippen molar-refractivity contribution in [1.82, 2.24) is 4.90 Å². The van der Waals surface area contributed by atoms with Gasteiger partial charge in [0.15, 0.2) is 0 Å². The lowest BCUT2D eigenvalue weighted by atomic mass is 9.98. The van der Waals surface area contributed by atoms with Crippen LogP contribution < -0.4 is 0 Å². The van der Waals surface area contributed by atoms with E-state index >= 15 is 0 Å². The minimum Gasteiger partial charge on any atom is -0.467 e. The zero-order valence-electron chi connectivity index (χ0n) is 15.3. The summed E-state index contributed by atoms with van der Waals surface area (Å²) >= 11 is 0. The highest BCUT2D eigenvalue weighted by atomic mass is 16.6. The summed E-state index contributed by atoms with van der Waals surface area (Å²) in [6.07, 6.45) is 0.464. The van der Waals surface area contributed by atoms with Gasteiger partial charge in [-0.15, -0.1) is 0 Å². The summed E-state index contributed by atoms with van der Waals surface area (Å²) in [6, 6.07) is 10.8. The maximum absolute atomic E-state index is 12.8. The monoisotopic (exact) mass is 368 g/mol. The van der Waals surface area contributed by atoms with E-state index in [0.717, 1.165) is 16.7 Å². The van der Waals surface area contributed by atoms with E-state index in [1.54, 1.807) is 23.1 Å². The van der Waals surface area contributed by atoms with E-state index in [0.29, 0.717) is 12.0 Å². The number of non-ortho nitro benzene ring substituents is 1. The van der Waals surface area contributed by atoms with Gasteiger partial charge in [-0.1, -0.05) is 13.0 Å². The fraction of sp³-hybridized carbons (Fsp3) is 0.300. The van der Waals surface area contributed by atoms with Crippen molar-refractivity contribution in [3.05, 3.63) is 63.7 Å². The van der Waals surface area contributed by atoms with Gasteiger partial charge in [0.2, 0.25) is 0 Å². The highest BCUT2D eigenvalue weighted by Gasteiger charge is 2.41. The molecule has 1 heterocycles. The molecule has 0 N–H and O–H groups in total. The number of nitrogens with zero attached hydrogens (tertiary/aromatic N) is 2. The second kappa shape index (κ2) is 7.19. The Labute approximate surface area is 156 Å². The van der Waals surface area contributed by atoms with Gasteiger partial charge in [0.1, 0.15) is 6.04 Å². The van der Waals surface area contributed by atoms with Crippen LogP contribution in [-0.4, -0.2) is 34.9 Å².